The summed E-state index contributed by atoms with van der Waals surface area (Å²) in [6.45, 7) is 3.27. The van der Waals surface area contributed by atoms with Gasteiger partial charge in [0, 0.05) is 17.4 Å². The lowest BCUT2D eigenvalue weighted by molar-refractivity contribution is 0.457. The minimum atomic E-state index is -0.372. The fourth-order valence-corrected chi connectivity index (χ4v) is 4.10. The normalized spacial score (nSPS) is 14.9. The molecule has 0 saturated heterocycles. The third-order valence-electron chi connectivity index (χ3n) is 4.92. The van der Waals surface area contributed by atoms with Gasteiger partial charge >= 0.3 is 0 Å². The summed E-state index contributed by atoms with van der Waals surface area (Å²) in [5, 5.41) is 3.06. The highest BCUT2D eigenvalue weighted by Gasteiger charge is 2.43. The van der Waals surface area contributed by atoms with E-state index in [4.69, 9.17) is 0 Å². The third-order valence-corrected chi connectivity index (χ3v) is 6.29. The third kappa shape index (κ3) is 4.46. The van der Waals surface area contributed by atoms with Crippen LogP contribution < -0.4 is 15.6 Å². The number of nitrogens with one attached hydrogen (secondary N) is 2. The largest absolute Gasteiger partial charge is 0.337 e. The van der Waals surface area contributed by atoms with Crippen molar-refractivity contribution in [2.75, 3.05) is 16.7 Å². The minimum absolute atomic E-state index is 0.0566. The van der Waals surface area contributed by atoms with E-state index in [1.807, 2.05) is 13.0 Å². The number of nitrogens with zero attached hydrogens (tertiary/aromatic N) is 1. The van der Waals surface area contributed by atoms with Crippen LogP contribution in [0.25, 0.3) is 0 Å². The summed E-state index contributed by atoms with van der Waals surface area (Å²) in [6, 6.07) is 6.70. The van der Waals surface area contributed by atoms with Gasteiger partial charge in [0.25, 0.3) is 5.56 Å². The molecule has 1 aliphatic rings. The smallest absolute Gasteiger partial charge is 0.254 e. The molecule has 0 radical (unpaired) electrons. The molecule has 1 aromatic heterocycles. The van der Waals surface area contributed by atoms with Crippen molar-refractivity contribution >= 4 is 29.1 Å². The highest BCUT2D eigenvalue weighted by atomic mass is 32.2. The van der Waals surface area contributed by atoms with Crippen LogP contribution in [0.1, 0.15) is 36.8 Å². The second-order valence-corrected chi connectivity index (χ2v) is 8.52. The van der Waals surface area contributed by atoms with Gasteiger partial charge < -0.3 is 10.0 Å². The van der Waals surface area contributed by atoms with Gasteiger partial charge in [0.15, 0.2) is 0 Å². The summed E-state index contributed by atoms with van der Waals surface area (Å²) < 4.78 is 31.7. The summed E-state index contributed by atoms with van der Waals surface area (Å²) >= 11 is 1.57. The Morgan fingerprint density at radius 2 is 1.96 bits per heavy atom. The summed E-state index contributed by atoms with van der Waals surface area (Å²) in [6.07, 6.45) is 3.47. The van der Waals surface area contributed by atoms with Crippen molar-refractivity contribution in [3.63, 3.8) is 0 Å². The first-order valence-corrected chi connectivity index (χ1v) is 9.91. The molecule has 1 fully saturated rings. The Bertz CT molecular complexity index is 894. The van der Waals surface area contributed by atoms with E-state index in [1.165, 1.54) is 10.6 Å². The maximum Gasteiger partial charge on any atom is 0.254 e. The van der Waals surface area contributed by atoms with Crippen LogP contribution in [0.4, 0.5) is 26.0 Å². The summed E-state index contributed by atoms with van der Waals surface area (Å²) in [5.41, 5.74) is 2.31. The second-order valence-electron chi connectivity index (χ2n) is 7.24. The molecule has 0 spiro atoms. The number of hydrogen-bond donors (Lipinski definition) is 2. The van der Waals surface area contributed by atoms with E-state index in [2.05, 4.69) is 10.0 Å². The summed E-state index contributed by atoms with van der Waals surface area (Å²) in [7, 11) is 1.66. The average molecular weight is 394 g/mol. The van der Waals surface area contributed by atoms with Crippen molar-refractivity contribution in [2.45, 2.75) is 44.3 Å². The Labute approximate surface area is 162 Å². The maximum absolute atomic E-state index is 14.3. The van der Waals surface area contributed by atoms with Crippen LogP contribution in [0.5, 0.6) is 0 Å². The van der Waals surface area contributed by atoms with Crippen LogP contribution >= 0.6 is 11.9 Å². The number of halogens is 2. The standard InChI is InChI=1S/C20H25F2N3OS/c1-13-5-6-16(15(22)11-13)23-18-17(12-14(2)19(26)25(18)3)24-27-20(8-9-20)7-4-10-21/h5-6,11-12,23-24H,4,7-10H2,1-3H3. The Balaban J connectivity index is 1.88. The minimum Gasteiger partial charge on any atom is -0.337 e. The van der Waals surface area contributed by atoms with E-state index in [-0.39, 0.29) is 22.8 Å². The van der Waals surface area contributed by atoms with Gasteiger partial charge in [-0.05, 0) is 75.2 Å². The molecule has 1 aliphatic carbocycles. The molecular formula is C20H25F2N3OS. The second kappa shape index (κ2) is 7.92. The Morgan fingerprint density at radius 1 is 1.22 bits per heavy atom. The number of rotatable bonds is 8. The van der Waals surface area contributed by atoms with Gasteiger partial charge in [-0.1, -0.05) is 6.07 Å². The average Bonchev–Trinajstić information content (AvgIpc) is 3.41. The van der Waals surface area contributed by atoms with E-state index in [0.717, 1.165) is 24.8 Å². The molecule has 1 saturated carbocycles. The number of aromatic nitrogens is 1. The Morgan fingerprint density at radius 3 is 2.59 bits per heavy atom. The van der Waals surface area contributed by atoms with E-state index >= 15 is 0 Å². The fourth-order valence-electron chi connectivity index (χ4n) is 3.07. The zero-order valence-corrected chi connectivity index (χ0v) is 16.7. The van der Waals surface area contributed by atoms with Crippen LogP contribution in [-0.4, -0.2) is 16.0 Å². The topological polar surface area (TPSA) is 46.1 Å². The van der Waals surface area contributed by atoms with Gasteiger partial charge in [0.1, 0.15) is 11.6 Å². The lowest BCUT2D eigenvalue weighted by Crippen LogP contribution is -2.23. The van der Waals surface area contributed by atoms with Gasteiger partial charge in [-0.15, -0.1) is 0 Å². The highest BCUT2D eigenvalue weighted by Crippen LogP contribution is 2.52. The zero-order valence-electron chi connectivity index (χ0n) is 15.9. The van der Waals surface area contributed by atoms with Crippen LogP contribution in [-0.2, 0) is 7.05 Å². The van der Waals surface area contributed by atoms with Crippen LogP contribution in [0, 0.1) is 19.7 Å². The SMILES string of the molecule is Cc1ccc(Nc2c(NSC3(CCCF)CC3)cc(C)c(=O)n2C)c(F)c1. The van der Waals surface area contributed by atoms with E-state index < -0.39 is 0 Å². The van der Waals surface area contributed by atoms with Crippen molar-refractivity contribution in [2.24, 2.45) is 7.05 Å². The van der Waals surface area contributed by atoms with Crippen LogP contribution in [0.3, 0.4) is 0 Å². The van der Waals surface area contributed by atoms with Crippen molar-refractivity contribution in [1.29, 1.82) is 0 Å². The molecule has 0 unspecified atom stereocenters. The Hall–Kier alpha value is -2.02. The Kier molecular flexibility index (Phi) is 5.79. The van der Waals surface area contributed by atoms with Gasteiger partial charge in [-0.2, -0.15) is 0 Å². The number of anilines is 3. The van der Waals surface area contributed by atoms with Crippen LogP contribution in [0.15, 0.2) is 29.1 Å². The molecule has 146 valence electrons. The molecule has 0 aliphatic heterocycles. The molecule has 1 aromatic carbocycles. The molecule has 0 atom stereocenters. The van der Waals surface area contributed by atoms with Gasteiger partial charge in [0.05, 0.1) is 18.0 Å². The maximum atomic E-state index is 14.3. The molecule has 0 bridgehead atoms. The van der Waals surface area contributed by atoms with Crippen molar-refractivity contribution in [3.05, 3.63) is 51.6 Å². The molecule has 0 amide bonds. The van der Waals surface area contributed by atoms with Gasteiger partial charge in [-0.25, -0.2) is 4.39 Å². The first-order valence-electron chi connectivity index (χ1n) is 9.09. The van der Waals surface area contributed by atoms with Crippen LogP contribution in [0.2, 0.25) is 0 Å². The number of hydrogen-bond acceptors (Lipinski definition) is 4. The molecule has 2 N–H and O–H groups in total. The van der Waals surface area contributed by atoms with E-state index in [1.54, 1.807) is 38.1 Å². The lowest BCUT2D eigenvalue weighted by Gasteiger charge is -2.21. The zero-order chi connectivity index (χ0) is 19.6. The molecular weight excluding hydrogens is 368 g/mol. The van der Waals surface area contributed by atoms with Crippen molar-refractivity contribution < 1.29 is 8.78 Å². The molecule has 27 heavy (non-hydrogen) atoms. The van der Waals surface area contributed by atoms with E-state index in [0.29, 0.717) is 29.2 Å². The van der Waals surface area contributed by atoms with Crippen molar-refractivity contribution in [1.82, 2.24) is 4.57 Å². The van der Waals surface area contributed by atoms with E-state index in [9.17, 15) is 13.6 Å². The van der Waals surface area contributed by atoms with Crippen molar-refractivity contribution in [3.8, 4) is 0 Å². The quantitative estimate of drug-likeness (QED) is 0.603. The molecule has 3 rings (SSSR count). The molecule has 1 heterocycles. The molecule has 7 heteroatoms. The van der Waals surface area contributed by atoms with Gasteiger partial charge in [0.2, 0.25) is 0 Å². The van der Waals surface area contributed by atoms with Gasteiger partial charge in [-0.3, -0.25) is 13.8 Å². The predicted molar refractivity (Wildman–Crippen MR) is 109 cm³/mol. The molecule has 2 aromatic rings. The number of pyridine rings is 1. The first-order chi connectivity index (χ1) is 12.8. The monoisotopic (exact) mass is 393 g/mol. The number of alkyl halides is 1. The highest BCUT2D eigenvalue weighted by molar-refractivity contribution is 8.02. The predicted octanol–water partition coefficient (Wildman–Crippen LogP) is 5.23. The summed E-state index contributed by atoms with van der Waals surface area (Å²) in [5.74, 6) is 0.130. The molecule has 4 nitrogen and oxygen atoms in total. The number of benzene rings is 1. The first kappa shape index (κ1) is 19.7. The number of aryl methyl sites for hydroxylation is 2. The lowest BCUT2D eigenvalue weighted by atomic mass is 10.2. The fraction of sp³-hybridized carbons (Fsp3) is 0.450. The summed E-state index contributed by atoms with van der Waals surface area (Å²) in [4.78, 5) is 12.4.